The van der Waals surface area contributed by atoms with Gasteiger partial charge in [0.15, 0.2) is 0 Å². The second-order valence-electron chi connectivity index (χ2n) is 14.9. The Morgan fingerprint density at radius 1 is 0.439 bits per heavy atom. The van der Waals surface area contributed by atoms with Gasteiger partial charge in [0.25, 0.3) is 0 Å². The molecule has 0 aliphatic rings. The van der Waals surface area contributed by atoms with Crippen LogP contribution in [0.15, 0.2) is 194 Å². The number of para-hydroxylation sites is 2. The normalized spacial score (nSPS) is 13.1. The van der Waals surface area contributed by atoms with E-state index in [1.165, 1.54) is 59.3 Å². The van der Waals surface area contributed by atoms with Crippen LogP contribution in [0.3, 0.4) is 0 Å². The summed E-state index contributed by atoms with van der Waals surface area (Å²) in [6.45, 7) is 0. The Hall–Kier alpha value is -6.71. The number of aromatic nitrogens is 3. The summed E-state index contributed by atoms with van der Waals surface area (Å²) in [4.78, 5) is 10.3. The summed E-state index contributed by atoms with van der Waals surface area (Å²) in [7, 11) is 0. The first-order chi connectivity index (χ1) is 28.1. The van der Waals surface area contributed by atoms with Crippen LogP contribution < -0.4 is 15.9 Å². The van der Waals surface area contributed by atoms with Crippen molar-refractivity contribution in [2.24, 2.45) is 0 Å². The SMILES string of the molecule is S=P(c1ccc(-c2ccc3c(ccc4c5ccccc5c5nc6ccccc6n5c34)c2)nc1)(c1ccc2ccccc2c1)c1cc2ccccc2c2ccccc12. The van der Waals surface area contributed by atoms with Gasteiger partial charge < -0.3 is 0 Å². The summed E-state index contributed by atoms with van der Waals surface area (Å²) in [5.74, 6) is 0. The van der Waals surface area contributed by atoms with E-state index in [2.05, 4.69) is 192 Å². The molecule has 0 bridgehead atoms. The first-order valence-corrected chi connectivity index (χ1v) is 22.1. The molecule has 0 N–H and O–H groups in total. The summed E-state index contributed by atoms with van der Waals surface area (Å²) in [6.07, 6.45) is 2.05. The van der Waals surface area contributed by atoms with Crippen LogP contribution in [0, 0.1) is 0 Å². The molecular formula is C52H32N3PS. The fourth-order valence-corrected chi connectivity index (χ4v) is 13.1. The Labute approximate surface area is 333 Å². The van der Waals surface area contributed by atoms with E-state index in [4.69, 9.17) is 21.8 Å². The van der Waals surface area contributed by atoms with Gasteiger partial charge in [-0.15, -0.1) is 0 Å². The van der Waals surface area contributed by atoms with Crippen LogP contribution in [0.2, 0.25) is 0 Å². The zero-order chi connectivity index (χ0) is 37.7. The Bertz CT molecular complexity index is 3680. The van der Waals surface area contributed by atoms with Crippen molar-refractivity contribution < 1.29 is 0 Å². The summed E-state index contributed by atoms with van der Waals surface area (Å²) < 4.78 is 2.35. The molecule has 3 aromatic heterocycles. The van der Waals surface area contributed by atoms with E-state index in [0.29, 0.717) is 0 Å². The molecule has 0 fully saturated rings. The van der Waals surface area contributed by atoms with Crippen LogP contribution in [0.4, 0.5) is 0 Å². The summed E-state index contributed by atoms with van der Waals surface area (Å²) in [6, 6.07) is 65.1. The number of imidazole rings is 1. The van der Waals surface area contributed by atoms with Gasteiger partial charge in [0.1, 0.15) is 5.65 Å². The van der Waals surface area contributed by atoms with Gasteiger partial charge in [-0.3, -0.25) is 9.38 Å². The lowest BCUT2D eigenvalue weighted by atomic mass is 9.98. The van der Waals surface area contributed by atoms with E-state index >= 15 is 0 Å². The first kappa shape index (κ1) is 32.5. The molecule has 0 amide bonds. The van der Waals surface area contributed by atoms with Gasteiger partial charge in [0, 0.05) is 44.6 Å². The number of hydrogen-bond donors (Lipinski definition) is 0. The largest absolute Gasteiger partial charge is 0.291 e. The highest BCUT2D eigenvalue weighted by molar-refractivity contribution is 8.25. The maximum Gasteiger partial charge on any atom is 0.146 e. The maximum absolute atomic E-state index is 7.08. The van der Waals surface area contributed by atoms with E-state index in [0.717, 1.165) is 49.3 Å². The van der Waals surface area contributed by atoms with Gasteiger partial charge in [0.05, 0.1) is 22.2 Å². The summed E-state index contributed by atoms with van der Waals surface area (Å²) >= 11 is 7.08. The topological polar surface area (TPSA) is 30.2 Å². The molecule has 0 radical (unpaired) electrons. The zero-order valence-electron chi connectivity index (χ0n) is 30.7. The minimum absolute atomic E-state index is 0.918. The number of pyridine rings is 2. The molecule has 1 unspecified atom stereocenters. The van der Waals surface area contributed by atoms with Crippen LogP contribution in [-0.4, -0.2) is 14.4 Å². The molecule has 12 rings (SSSR count). The summed E-state index contributed by atoms with van der Waals surface area (Å²) in [5.41, 5.74) is 6.24. The van der Waals surface area contributed by atoms with Crippen molar-refractivity contribution in [2.45, 2.75) is 0 Å². The Morgan fingerprint density at radius 2 is 1.07 bits per heavy atom. The lowest BCUT2D eigenvalue weighted by Crippen LogP contribution is -2.26. The van der Waals surface area contributed by atoms with Crippen LogP contribution >= 0.6 is 6.04 Å². The van der Waals surface area contributed by atoms with E-state index in [1.807, 2.05) is 6.20 Å². The Kier molecular flexibility index (Phi) is 7.07. The molecule has 3 heterocycles. The maximum atomic E-state index is 7.08. The van der Waals surface area contributed by atoms with Crippen molar-refractivity contribution in [3.63, 3.8) is 0 Å². The standard InChI is InChI=1S/C52H32N3PS/c57-56(38-24-21-33-11-1-2-12-34(33)30-38,50-31-35-13-3-4-14-40(35)42-15-5-7-17-44(42)50)39-25-28-47(53-32-39)37-23-26-41-36(29-37)22-27-45-43-16-6-8-18-46(43)52-54-48-19-9-10-20-49(48)55(52)51(41)45/h1-32H. The van der Waals surface area contributed by atoms with Crippen molar-refractivity contribution in [1.29, 1.82) is 0 Å². The van der Waals surface area contributed by atoms with Gasteiger partial charge in [0.2, 0.25) is 0 Å². The van der Waals surface area contributed by atoms with Crippen LogP contribution in [-0.2, 0) is 11.8 Å². The molecule has 0 saturated carbocycles. The molecule has 0 saturated heterocycles. The first-order valence-electron chi connectivity index (χ1n) is 19.3. The predicted molar refractivity (Wildman–Crippen MR) is 247 cm³/mol. The fraction of sp³-hybridized carbons (Fsp3) is 0. The smallest absolute Gasteiger partial charge is 0.146 e. The van der Waals surface area contributed by atoms with Gasteiger partial charge in [-0.05, 0) is 90.9 Å². The molecular weight excluding hydrogens is 730 g/mol. The second-order valence-corrected chi connectivity index (χ2v) is 19.3. The highest BCUT2D eigenvalue weighted by Crippen LogP contribution is 2.47. The van der Waals surface area contributed by atoms with Crippen LogP contribution in [0.25, 0.3) is 92.7 Å². The molecule has 12 aromatic rings. The van der Waals surface area contributed by atoms with Crippen LogP contribution in [0.1, 0.15) is 0 Å². The molecule has 57 heavy (non-hydrogen) atoms. The minimum Gasteiger partial charge on any atom is -0.291 e. The number of rotatable bonds is 4. The molecule has 5 heteroatoms. The third-order valence-corrected chi connectivity index (χ3v) is 16.7. The Balaban J connectivity index is 1.05. The van der Waals surface area contributed by atoms with Crippen molar-refractivity contribution in [3.8, 4) is 11.3 Å². The van der Waals surface area contributed by atoms with Crippen LogP contribution in [0.5, 0.6) is 0 Å². The molecule has 1 atom stereocenters. The highest BCUT2D eigenvalue weighted by atomic mass is 32.4. The molecule has 266 valence electrons. The molecule has 0 aliphatic carbocycles. The lowest BCUT2D eigenvalue weighted by Gasteiger charge is -2.26. The average molecular weight is 762 g/mol. The molecule has 3 nitrogen and oxygen atoms in total. The average Bonchev–Trinajstić information content (AvgIpc) is 3.68. The zero-order valence-corrected chi connectivity index (χ0v) is 32.4. The van der Waals surface area contributed by atoms with E-state index in [9.17, 15) is 0 Å². The number of nitrogens with zero attached hydrogens (tertiary/aromatic N) is 3. The van der Waals surface area contributed by atoms with Crippen molar-refractivity contribution in [3.05, 3.63) is 194 Å². The number of benzene rings is 9. The monoisotopic (exact) mass is 761 g/mol. The summed E-state index contributed by atoms with van der Waals surface area (Å²) in [5, 5.41) is 16.6. The Morgan fingerprint density at radius 3 is 1.89 bits per heavy atom. The molecule has 9 aromatic carbocycles. The number of hydrogen-bond acceptors (Lipinski definition) is 3. The molecule has 0 aliphatic heterocycles. The highest BCUT2D eigenvalue weighted by Gasteiger charge is 2.29. The van der Waals surface area contributed by atoms with E-state index < -0.39 is 6.04 Å². The predicted octanol–water partition coefficient (Wildman–Crippen LogP) is 12.2. The third-order valence-electron chi connectivity index (χ3n) is 11.8. The van der Waals surface area contributed by atoms with E-state index in [1.54, 1.807) is 0 Å². The van der Waals surface area contributed by atoms with E-state index in [-0.39, 0.29) is 0 Å². The van der Waals surface area contributed by atoms with Crippen molar-refractivity contribution >= 4 is 115 Å². The fourth-order valence-electron chi connectivity index (χ4n) is 9.11. The van der Waals surface area contributed by atoms with Crippen molar-refractivity contribution in [2.75, 3.05) is 0 Å². The van der Waals surface area contributed by atoms with Gasteiger partial charge >= 0.3 is 0 Å². The lowest BCUT2D eigenvalue weighted by molar-refractivity contribution is 1.32. The minimum atomic E-state index is -2.60. The van der Waals surface area contributed by atoms with Gasteiger partial charge in [-0.1, -0.05) is 157 Å². The third kappa shape index (κ3) is 4.82. The number of fused-ring (bicyclic) bond motifs is 14. The molecule has 0 spiro atoms. The van der Waals surface area contributed by atoms with Gasteiger partial charge in [-0.2, -0.15) is 0 Å². The second kappa shape index (κ2) is 12.4. The van der Waals surface area contributed by atoms with Crippen molar-refractivity contribution in [1.82, 2.24) is 14.4 Å². The van der Waals surface area contributed by atoms with Gasteiger partial charge in [-0.25, -0.2) is 4.98 Å². The quantitative estimate of drug-likeness (QED) is 0.132.